The van der Waals surface area contributed by atoms with Crippen molar-refractivity contribution in [3.05, 3.63) is 84.4 Å². The van der Waals surface area contributed by atoms with Crippen LogP contribution in [0.4, 0.5) is 0 Å². The predicted molar refractivity (Wildman–Crippen MR) is 152 cm³/mol. The molecule has 10 heteroatoms. The van der Waals surface area contributed by atoms with Crippen molar-refractivity contribution < 1.29 is 4.74 Å². The molecule has 0 unspecified atom stereocenters. The molecular formula is C27H24Cl2N4O2S2. The second-order valence-electron chi connectivity index (χ2n) is 9.57. The van der Waals surface area contributed by atoms with Gasteiger partial charge < -0.3 is 4.74 Å². The van der Waals surface area contributed by atoms with E-state index in [0.29, 0.717) is 45.7 Å². The lowest BCUT2D eigenvalue weighted by atomic mass is 9.96. The van der Waals surface area contributed by atoms with Crippen molar-refractivity contribution in [1.29, 1.82) is 0 Å². The van der Waals surface area contributed by atoms with Crippen molar-refractivity contribution in [2.75, 3.05) is 0 Å². The Morgan fingerprint density at radius 3 is 2.65 bits per heavy atom. The van der Waals surface area contributed by atoms with Crippen molar-refractivity contribution in [3.63, 3.8) is 0 Å². The van der Waals surface area contributed by atoms with E-state index in [1.54, 1.807) is 15.9 Å². The van der Waals surface area contributed by atoms with Gasteiger partial charge in [0.2, 0.25) is 5.78 Å². The van der Waals surface area contributed by atoms with Crippen molar-refractivity contribution in [2.45, 2.75) is 50.8 Å². The minimum absolute atomic E-state index is 0.0740. The summed E-state index contributed by atoms with van der Waals surface area (Å²) in [7, 11) is 0. The van der Waals surface area contributed by atoms with E-state index < -0.39 is 0 Å². The van der Waals surface area contributed by atoms with Crippen LogP contribution in [-0.2, 0) is 23.5 Å². The molecule has 6 nitrogen and oxygen atoms in total. The molecule has 0 spiro atoms. The Morgan fingerprint density at radius 1 is 1.16 bits per heavy atom. The van der Waals surface area contributed by atoms with Gasteiger partial charge in [0.1, 0.15) is 4.83 Å². The van der Waals surface area contributed by atoms with Gasteiger partial charge in [-0.25, -0.2) is 8.97 Å². The molecule has 0 N–H and O–H groups in total. The monoisotopic (exact) mass is 570 g/mol. The van der Waals surface area contributed by atoms with E-state index >= 15 is 0 Å². The molecule has 0 amide bonds. The quantitative estimate of drug-likeness (QED) is 0.211. The zero-order valence-electron chi connectivity index (χ0n) is 20.5. The van der Waals surface area contributed by atoms with Gasteiger partial charge in [0.25, 0.3) is 5.56 Å². The maximum atomic E-state index is 14.1. The Bertz CT molecular complexity index is 1700. The number of benzene rings is 2. The average molecular weight is 572 g/mol. The summed E-state index contributed by atoms with van der Waals surface area (Å²) in [5.74, 6) is 1.36. The first kappa shape index (κ1) is 24.9. The summed E-state index contributed by atoms with van der Waals surface area (Å²) in [6.45, 7) is 6.83. The van der Waals surface area contributed by atoms with E-state index in [9.17, 15) is 4.79 Å². The third-order valence-electron chi connectivity index (χ3n) is 6.75. The molecule has 1 atom stereocenters. The molecule has 0 fully saturated rings. The number of rotatable bonds is 5. The molecule has 1 aliphatic rings. The number of hydrogen-bond acceptors (Lipinski definition) is 6. The van der Waals surface area contributed by atoms with Gasteiger partial charge >= 0.3 is 0 Å². The number of aromatic nitrogens is 4. The summed E-state index contributed by atoms with van der Waals surface area (Å²) in [5, 5.41) is 11.7. The zero-order chi connectivity index (χ0) is 25.8. The number of halogens is 2. The smallest absolute Gasteiger partial charge is 0.268 e. The SMILES string of the molecule is Cc1cccc(-n2c(=O)c3c4c(sc3n3c(SCc5c(Cl)cccc5Cl)nnc23)CO[C@H](C(C)C)C4)c1. The van der Waals surface area contributed by atoms with E-state index in [0.717, 1.165) is 37.5 Å². The Kier molecular flexibility index (Phi) is 6.57. The molecule has 6 rings (SSSR count). The fourth-order valence-electron chi connectivity index (χ4n) is 4.77. The normalized spacial score (nSPS) is 15.7. The Labute approximate surface area is 232 Å². The molecule has 2 aromatic carbocycles. The summed E-state index contributed by atoms with van der Waals surface area (Å²) in [6.07, 6.45) is 0.784. The Balaban J connectivity index is 1.59. The number of hydrogen-bond donors (Lipinski definition) is 0. The highest BCUT2D eigenvalue weighted by molar-refractivity contribution is 7.98. The van der Waals surface area contributed by atoms with Gasteiger partial charge in [-0.3, -0.25) is 4.79 Å². The fraction of sp³-hybridized carbons (Fsp3) is 0.296. The number of fused-ring (bicyclic) bond motifs is 5. The van der Waals surface area contributed by atoms with Crippen LogP contribution in [0.2, 0.25) is 10.0 Å². The van der Waals surface area contributed by atoms with Crippen molar-refractivity contribution in [3.8, 4) is 5.69 Å². The molecule has 0 aliphatic carbocycles. The molecule has 37 heavy (non-hydrogen) atoms. The molecular weight excluding hydrogens is 547 g/mol. The summed E-state index contributed by atoms with van der Waals surface area (Å²) in [5.41, 5.74) is 3.67. The first-order valence-electron chi connectivity index (χ1n) is 12.0. The average Bonchev–Trinajstić information content (AvgIpc) is 3.45. The Hall–Kier alpha value is -2.36. The topological polar surface area (TPSA) is 61.4 Å². The molecule has 3 aromatic heterocycles. The van der Waals surface area contributed by atoms with Crippen LogP contribution in [0, 0.1) is 12.8 Å². The van der Waals surface area contributed by atoms with E-state index in [1.165, 1.54) is 11.8 Å². The van der Waals surface area contributed by atoms with Gasteiger partial charge in [-0.05, 0) is 53.8 Å². The number of ether oxygens (including phenoxy) is 1. The maximum absolute atomic E-state index is 14.1. The second kappa shape index (κ2) is 9.75. The zero-order valence-corrected chi connectivity index (χ0v) is 23.6. The lowest BCUT2D eigenvalue weighted by Gasteiger charge is -2.26. The van der Waals surface area contributed by atoms with Crippen LogP contribution in [0.25, 0.3) is 21.7 Å². The highest BCUT2D eigenvalue weighted by Gasteiger charge is 2.30. The number of thiophene rings is 1. The first-order valence-corrected chi connectivity index (χ1v) is 14.6. The van der Waals surface area contributed by atoms with E-state index in [4.69, 9.17) is 27.9 Å². The summed E-state index contributed by atoms with van der Waals surface area (Å²) in [4.78, 5) is 16.1. The van der Waals surface area contributed by atoms with Gasteiger partial charge in [-0.1, -0.05) is 67.0 Å². The molecule has 190 valence electrons. The van der Waals surface area contributed by atoms with Crippen LogP contribution in [0.5, 0.6) is 0 Å². The van der Waals surface area contributed by atoms with E-state index in [2.05, 4.69) is 24.0 Å². The van der Waals surface area contributed by atoms with Crippen molar-refractivity contribution in [1.82, 2.24) is 19.2 Å². The second-order valence-corrected chi connectivity index (χ2v) is 12.4. The lowest BCUT2D eigenvalue weighted by molar-refractivity contribution is 0.00200. The molecule has 4 heterocycles. The van der Waals surface area contributed by atoms with E-state index in [1.807, 2.05) is 53.8 Å². The largest absolute Gasteiger partial charge is 0.372 e. The minimum atomic E-state index is -0.0758. The molecule has 0 saturated carbocycles. The summed E-state index contributed by atoms with van der Waals surface area (Å²) in [6, 6.07) is 13.4. The van der Waals surface area contributed by atoms with Gasteiger partial charge in [-0.15, -0.1) is 21.5 Å². The summed E-state index contributed by atoms with van der Waals surface area (Å²) < 4.78 is 9.83. The van der Waals surface area contributed by atoms with Crippen LogP contribution >= 0.6 is 46.3 Å². The molecule has 0 bridgehead atoms. The number of thioether (sulfide) groups is 1. The molecule has 1 aliphatic heterocycles. The van der Waals surface area contributed by atoms with E-state index in [-0.39, 0.29) is 11.7 Å². The minimum Gasteiger partial charge on any atom is -0.372 e. The van der Waals surface area contributed by atoms with Crippen LogP contribution in [0.1, 0.15) is 35.4 Å². The number of aryl methyl sites for hydroxylation is 1. The number of nitrogens with zero attached hydrogens (tertiary/aromatic N) is 4. The van der Waals surface area contributed by atoms with Crippen molar-refractivity contribution in [2.24, 2.45) is 5.92 Å². The molecule has 5 aromatic rings. The van der Waals surface area contributed by atoms with Gasteiger partial charge in [0, 0.05) is 27.1 Å². The fourth-order valence-corrected chi connectivity index (χ4v) is 7.74. The summed E-state index contributed by atoms with van der Waals surface area (Å²) >= 11 is 16.0. The van der Waals surface area contributed by atoms with Gasteiger partial charge in [-0.2, -0.15) is 0 Å². The van der Waals surface area contributed by atoms with Crippen LogP contribution in [-0.4, -0.2) is 25.3 Å². The third-order valence-corrected chi connectivity index (χ3v) is 9.61. The van der Waals surface area contributed by atoms with Crippen LogP contribution in [0.15, 0.2) is 52.4 Å². The van der Waals surface area contributed by atoms with Gasteiger partial charge in [0.05, 0.1) is 23.8 Å². The third kappa shape index (κ3) is 4.29. The Morgan fingerprint density at radius 2 is 1.92 bits per heavy atom. The molecule has 0 radical (unpaired) electrons. The van der Waals surface area contributed by atoms with Crippen LogP contribution < -0.4 is 5.56 Å². The van der Waals surface area contributed by atoms with Gasteiger partial charge in [0.15, 0.2) is 5.16 Å². The molecule has 0 saturated heterocycles. The lowest BCUT2D eigenvalue weighted by Crippen LogP contribution is -2.28. The standard InChI is InChI=1S/C27H24Cl2N4O2S2/c1-14(2)21-11-17-22(12-35-21)37-25-23(17)24(34)32(16-7-4-6-15(3)10-16)26-30-31-27(33(25)26)36-13-18-19(28)8-5-9-20(18)29/h4-10,14,21H,11-13H2,1-3H3/t21-/m0/s1. The first-order chi connectivity index (χ1) is 17.8. The highest BCUT2D eigenvalue weighted by atomic mass is 35.5. The highest BCUT2D eigenvalue weighted by Crippen LogP contribution is 2.38. The van der Waals surface area contributed by atoms with Crippen LogP contribution in [0.3, 0.4) is 0 Å². The van der Waals surface area contributed by atoms with Crippen molar-refractivity contribution >= 4 is 62.3 Å². The predicted octanol–water partition coefficient (Wildman–Crippen LogP) is 7.10. The maximum Gasteiger partial charge on any atom is 0.268 e.